The minimum Gasteiger partial charge on any atom is -0.269 e. The Morgan fingerprint density at radius 3 is 2.43 bits per heavy atom. The molecular formula is C17H11ClN2O2S. The zero-order chi connectivity index (χ0) is 16.1. The lowest BCUT2D eigenvalue weighted by Crippen LogP contribution is -2.32. The number of carbonyl (C=O) groups is 2. The SMILES string of the molecule is C[C@@H](c1cnc2sc(Cl)cc2c1)N1C(=O)c2ccccc2C1=O. The van der Waals surface area contributed by atoms with Crippen molar-refractivity contribution in [3.8, 4) is 0 Å². The summed E-state index contributed by atoms with van der Waals surface area (Å²) in [6, 6.07) is 10.3. The molecule has 4 rings (SSSR count). The molecular weight excluding hydrogens is 332 g/mol. The van der Waals surface area contributed by atoms with Crippen molar-refractivity contribution in [2.24, 2.45) is 0 Å². The molecule has 1 aliphatic heterocycles. The number of aromatic nitrogens is 1. The number of fused-ring (bicyclic) bond motifs is 2. The molecule has 1 aliphatic rings. The summed E-state index contributed by atoms with van der Waals surface area (Å²) in [5.41, 5.74) is 1.72. The van der Waals surface area contributed by atoms with Crippen molar-refractivity contribution in [2.75, 3.05) is 0 Å². The largest absolute Gasteiger partial charge is 0.269 e. The number of hydrogen-bond acceptors (Lipinski definition) is 4. The quantitative estimate of drug-likeness (QED) is 0.652. The van der Waals surface area contributed by atoms with Crippen LogP contribution in [0.4, 0.5) is 0 Å². The topological polar surface area (TPSA) is 50.3 Å². The van der Waals surface area contributed by atoms with Crippen molar-refractivity contribution in [3.05, 3.63) is 63.6 Å². The van der Waals surface area contributed by atoms with Gasteiger partial charge in [-0.25, -0.2) is 4.98 Å². The fourth-order valence-corrected chi connectivity index (χ4v) is 3.90. The van der Waals surface area contributed by atoms with E-state index in [0.717, 1.165) is 15.8 Å². The van der Waals surface area contributed by atoms with Crippen LogP contribution in [-0.4, -0.2) is 21.7 Å². The number of amides is 2. The highest BCUT2D eigenvalue weighted by Gasteiger charge is 2.38. The second-order valence-electron chi connectivity index (χ2n) is 5.42. The van der Waals surface area contributed by atoms with E-state index >= 15 is 0 Å². The summed E-state index contributed by atoms with van der Waals surface area (Å²) in [6.07, 6.45) is 1.70. The van der Waals surface area contributed by atoms with Gasteiger partial charge in [-0.15, -0.1) is 11.3 Å². The maximum atomic E-state index is 12.6. The first kappa shape index (κ1) is 14.4. The van der Waals surface area contributed by atoms with Gasteiger partial charge in [0.15, 0.2) is 0 Å². The number of nitrogens with zero attached hydrogens (tertiary/aromatic N) is 2. The van der Waals surface area contributed by atoms with E-state index in [2.05, 4.69) is 4.98 Å². The lowest BCUT2D eigenvalue weighted by molar-refractivity contribution is 0.0595. The molecule has 0 bridgehead atoms. The smallest absolute Gasteiger partial charge is 0.262 e. The van der Waals surface area contributed by atoms with Gasteiger partial charge < -0.3 is 0 Å². The predicted molar refractivity (Wildman–Crippen MR) is 90.0 cm³/mol. The molecule has 1 atom stereocenters. The lowest BCUT2D eigenvalue weighted by Gasteiger charge is -2.22. The molecule has 4 nitrogen and oxygen atoms in total. The molecule has 0 radical (unpaired) electrons. The van der Waals surface area contributed by atoms with Crippen LogP contribution in [0.1, 0.15) is 39.2 Å². The minimum absolute atomic E-state index is 0.262. The molecule has 114 valence electrons. The number of rotatable bonds is 2. The van der Waals surface area contributed by atoms with Crippen LogP contribution in [-0.2, 0) is 0 Å². The second-order valence-corrected chi connectivity index (χ2v) is 7.08. The number of benzene rings is 1. The first-order valence-corrected chi connectivity index (χ1v) is 8.27. The van der Waals surface area contributed by atoms with Gasteiger partial charge >= 0.3 is 0 Å². The Labute approximate surface area is 141 Å². The van der Waals surface area contributed by atoms with Crippen molar-refractivity contribution >= 4 is 45.0 Å². The van der Waals surface area contributed by atoms with Crippen LogP contribution in [0.15, 0.2) is 42.6 Å². The molecule has 0 spiro atoms. The summed E-state index contributed by atoms with van der Waals surface area (Å²) in [4.78, 5) is 31.6. The van der Waals surface area contributed by atoms with Gasteiger partial charge in [0.2, 0.25) is 0 Å². The first-order valence-electron chi connectivity index (χ1n) is 7.08. The summed E-state index contributed by atoms with van der Waals surface area (Å²) >= 11 is 7.41. The summed E-state index contributed by atoms with van der Waals surface area (Å²) in [6.45, 7) is 1.83. The Morgan fingerprint density at radius 1 is 1.13 bits per heavy atom. The highest BCUT2D eigenvalue weighted by atomic mass is 35.5. The summed E-state index contributed by atoms with van der Waals surface area (Å²) < 4.78 is 0.665. The average Bonchev–Trinajstić information content (AvgIpc) is 3.04. The normalized spacial score (nSPS) is 15.3. The molecule has 3 aromatic rings. The van der Waals surface area contributed by atoms with Crippen LogP contribution in [0, 0.1) is 0 Å². The lowest BCUT2D eigenvalue weighted by atomic mass is 10.1. The number of thiophene rings is 1. The summed E-state index contributed by atoms with van der Waals surface area (Å²) in [5, 5.41) is 0.918. The molecule has 2 aromatic heterocycles. The zero-order valence-corrected chi connectivity index (χ0v) is 13.7. The van der Waals surface area contributed by atoms with Gasteiger partial charge in [0, 0.05) is 11.6 Å². The number of pyridine rings is 1. The standard InChI is InChI=1S/C17H11ClN2O2S/c1-9(11-6-10-7-14(18)23-15(10)19-8-11)20-16(21)12-4-2-3-5-13(12)17(20)22/h2-9H,1H3/t9-/m0/s1. The number of hydrogen-bond donors (Lipinski definition) is 0. The molecule has 1 aromatic carbocycles. The fourth-order valence-electron chi connectivity index (χ4n) is 2.86. The van der Waals surface area contributed by atoms with Crippen LogP contribution in [0.5, 0.6) is 0 Å². The maximum absolute atomic E-state index is 12.6. The van der Waals surface area contributed by atoms with Gasteiger partial charge in [-0.2, -0.15) is 0 Å². The molecule has 0 fully saturated rings. The van der Waals surface area contributed by atoms with Gasteiger partial charge in [-0.3, -0.25) is 14.5 Å². The Kier molecular flexibility index (Phi) is 3.21. The average molecular weight is 343 g/mol. The fraction of sp³-hybridized carbons (Fsp3) is 0.118. The van der Waals surface area contributed by atoms with Gasteiger partial charge in [0.25, 0.3) is 11.8 Å². The molecule has 3 heterocycles. The third-order valence-corrected chi connectivity index (χ3v) is 5.25. The minimum atomic E-state index is -0.391. The molecule has 0 aliphatic carbocycles. The molecule has 0 unspecified atom stereocenters. The predicted octanol–water partition coefficient (Wildman–Crippen LogP) is 4.31. The van der Waals surface area contributed by atoms with E-state index in [4.69, 9.17) is 11.6 Å². The Bertz CT molecular complexity index is 931. The molecule has 0 saturated heterocycles. The zero-order valence-electron chi connectivity index (χ0n) is 12.1. The van der Waals surface area contributed by atoms with Gasteiger partial charge in [0.05, 0.1) is 21.5 Å². The number of carbonyl (C=O) groups excluding carboxylic acids is 2. The number of imide groups is 1. The Hall–Kier alpha value is -2.24. The van der Waals surface area contributed by atoms with Crippen molar-refractivity contribution in [1.29, 1.82) is 0 Å². The Balaban J connectivity index is 1.75. The van der Waals surface area contributed by atoms with Gasteiger partial charge in [-0.05, 0) is 36.8 Å². The van der Waals surface area contributed by atoms with E-state index in [1.54, 1.807) is 30.5 Å². The third-order valence-electron chi connectivity index (χ3n) is 4.06. The van der Waals surface area contributed by atoms with E-state index < -0.39 is 6.04 Å². The van der Waals surface area contributed by atoms with Gasteiger partial charge in [0.1, 0.15) is 4.83 Å². The Morgan fingerprint density at radius 2 is 1.78 bits per heavy atom. The monoisotopic (exact) mass is 342 g/mol. The molecule has 23 heavy (non-hydrogen) atoms. The highest BCUT2D eigenvalue weighted by Crippen LogP contribution is 2.34. The van der Waals surface area contributed by atoms with Crippen LogP contribution >= 0.6 is 22.9 Å². The van der Waals surface area contributed by atoms with Gasteiger partial charge in [-0.1, -0.05) is 23.7 Å². The maximum Gasteiger partial charge on any atom is 0.262 e. The van der Waals surface area contributed by atoms with E-state index in [1.807, 2.05) is 19.1 Å². The van der Waals surface area contributed by atoms with Crippen molar-refractivity contribution < 1.29 is 9.59 Å². The number of halogens is 1. The molecule has 0 saturated carbocycles. The van der Waals surface area contributed by atoms with Crippen molar-refractivity contribution in [1.82, 2.24) is 9.88 Å². The van der Waals surface area contributed by atoms with Crippen molar-refractivity contribution in [2.45, 2.75) is 13.0 Å². The van der Waals surface area contributed by atoms with Crippen LogP contribution in [0.3, 0.4) is 0 Å². The summed E-state index contributed by atoms with van der Waals surface area (Å²) in [7, 11) is 0. The van der Waals surface area contributed by atoms with E-state index in [-0.39, 0.29) is 11.8 Å². The van der Waals surface area contributed by atoms with Crippen LogP contribution < -0.4 is 0 Å². The molecule has 0 N–H and O–H groups in total. The molecule has 6 heteroatoms. The second kappa shape index (κ2) is 5.15. The van der Waals surface area contributed by atoms with Crippen LogP contribution in [0.2, 0.25) is 4.34 Å². The third kappa shape index (κ3) is 2.16. The highest BCUT2D eigenvalue weighted by molar-refractivity contribution is 7.22. The molecule has 2 amide bonds. The van der Waals surface area contributed by atoms with Crippen LogP contribution in [0.25, 0.3) is 10.2 Å². The van der Waals surface area contributed by atoms with E-state index in [9.17, 15) is 9.59 Å². The summed E-state index contributed by atoms with van der Waals surface area (Å²) in [5.74, 6) is -0.525. The first-order chi connectivity index (χ1) is 11.1. The van der Waals surface area contributed by atoms with Crippen molar-refractivity contribution in [3.63, 3.8) is 0 Å². The van der Waals surface area contributed by atoms with E-state index in [1.165, 1.54) is 16.2 Å². The van der Waals surface area contributed by atoms with E-state index in [0.29, 0.717) is 15.5 Å².